The van der Waals surface area contributed by atoms with E-state index in [1.807, 2.05) is 30.0 Å². The predicted molar refractivity (Wildman–Crippen MR) is 79.7 cm³/mol. The molecule has 1 N–H and O–H groups in total. The van der Waals surface area contributed by atoms with Crippen molar-refractivity contribution in [1.29, 1.82) is 0 Å². The summed E-state index contributed by atoms with van der Waals surface area (Å²) in [6.07, 6.45) is 1.20. The van der Waals surface area contributed by atoms with Gasteiger partial charge in [-0.2, -0.15) is 5.10 Å². The molecule has 4 heteroatoms. The van der Waals surface area contributed by atoms with E-state index in [2.05, 4.69) is 24.0 Å². The third-order valence-corrected chi connectivity index (χ3v) is 4.08. The highest BCUT2D eigenvalue weighted by Gasteiger charge is 2.28. The number of carbonyl (C=O) groups excluding carboxylic acids is 1. The number of aryl methyl sites for hydroxylation is 1. The average molecular weight is 271 g/mol. The van der Waals surface area contributed by atoms with Crippen LogP contribution in [0.2, 0.25) is 0 Å². The molecule has 3 rings (SSSR count). The van der Waals surface area contributed by atoms with Crippen molar-refractivity contribution in [2.75, 3.05) is 13.1 Å². The first kappa shape index (κ1) is 13.2. The molecule has 20 heavy (non-hydrogen) atoms. The Balaban J connectivity index is 1.94. The highest BCUT2D eigenvalue weighted by atomic mass is 16.2. The maximum atomic E-state index is 12.7. The fraction of sp³-hybridized carbons (Fsp3) is 0.500. The van der Waals surface area contributed by atoms with Gasteiger partial charge in [0.1, 0.15) is 0 Å². The zero-order valence-corrected chi connectivity index (χ0v) is 12.3. The zero-order valence-electron chi connectivity index (χ0n) is 12.3. The van der Waals surface area contributed by atoms with Crippen molar-refractivity contribution in [3.8, 4) is 0 Å². The van der Waals surface area contributed by atoms with E-state index in [4.69, 9.17) is 0 Å². The monoisotopic (exact) mass is 271 g/mol. The molecule has 1 fully saturated rings. The summed E-state index contributed by atoms with van der Waals surface area (Å²) < 4.78 is 0. The number of nitrogens with zero attached hydrogens (tertiary/aromatic N) is 2. The molecule has 0 bridgehead atoms. The molecule has 2 aromatic rings. The summed E-state index contributed by atoms with van der Waals surface area (Å²) in [4.78, 5) is 14.7. The van der Waals surface area contributed by atoms with Gasteiger partial charge in [-0.25, -0.2) is 0 Å². The van der Waals surface area contributed by atoms with E-state index in [0.717, 1.165) is 29.6 Å². The highest BCUT2D eigenvalue weighted by molar-refractivity contribution is 6.04. The topological polar surface area (TPSA) is 49.0 Å². The minimum Gasteiger partial charge on any atom is -0.337 e. The number of piperidine rings is 1. The first-order valence-electron chi connectivity index (χ1n) is 7.28. The molecule has 0 spiro atoms. The second-order valence-electron chi connectivity index (χ2n) is 6.28. The molecule has 0 saturated carbocycles. The second-order valence-corrected chi connectivity index (χ2v) is 6.28. The number of aromatic amines is 1. The molecule has 2 atom stereocenters. The Morgan fingerprint density at radius 3 is 2.70 bits per heavy atom. The number of likely N-dealkylation sites (tertiary alicyclic amines) is 1. The second kappa shape index (κ2) is 4.93. The van der Waals surface area contributed by atoms with E-state index in [9.17, 15) is 4.79 Å². The van der Waals surface area contributed by atoms with Crippen LogP contribution in [-0.4, -0.2) is 34.1 Å². The number of benzene rings is 1. The number of carbonyl (C=O) groups is 1. The quantitative estimate of drug-likeness (QED) is 0.866. The molecule has 0 radical (unpaired) electrons. The van der Waals surface area contributed by atoms with Crippen molar-refractivity contribution in [1.82, 2.24) is 15.1 Å². The Labute approximate surface area is 119 Å². The summed E-state index contributed by atoms with van der Waals surface area (Å²) >= 11 is 0. The van der Waals surface area contributed by atoms with Gasteiger partial charge in [0.2, 0.25) is 0 Å². The van der Waals surface area contributed by atoms with E-state index in [0.29, 0.717) is 17.5 Å². The van der Waals surface area contributed by atoms with Gasteiger partial charge in [0.15, 0.2) is 5.69 Å². The first-order valence-corrected chi connectivity index (χ1v) is 7.28. The SMILES string of the molecule is Cc1ccc2[nH]nc(C(=O)N3C[C@H](C)C[C@H](C)C3)c2c1. The van der Waals surface area contributed by atoms with Crippen molar-refractivity contribution >= 4 is 16.8 Å². The Morgan fingerprint density at radius 2 is 2.00 bits per heavy atom. The van der Waals surface area contributed by atoms with Gasteiger partial charge in [-0.1, -0.05) is 25.5 Å². The molecule has 1 amide bonds. The smallest absolute Gasteiger partial charge is 0.275 e. The van der Waals surface area contributed by atoms with Gasteiger partial charge in [-0.15, -0.1) is 0 Å². The Bertz CT molecular complexity index is 636. The maximum Gasteiger partial charge on any atom is 0.275 e. The fourth-order valence-corrected chi connectivity index (χ4v) is 3.27. The molecule has 1 saturated heterocycles. The highest BCUT2D eigenvalue weighted by Crippen LogP contribution is 2.24. The van der Waals surface area contributed by atoms with Crippen LogP contribution in [0.15, 0.2) is 18.2 Å². The molecule has 106 valence electrons. The van der Waals surface area contributed by atoms with Crippen LogP contribution in [-0.2, 0) is 0 Å². The lowest BCUT2D eigenvalue weighted by Gasteiger charge is -2.34. The Hall–Kier alpha value is -1.84. The number of amides is 1. The number of rotatable bonds is 1. The number of aromatic nitrogens is 2. The Morgan fingerprint density at radius 1 is 1.30 bits per heavy atom. The van der Waals surface area contributed by atoms with E-state index < -0.39 is 0 Å². The molecular weight excluding hydrogens is 250 g/mol. The van der Waals surface area contributed by atoms with Gasteiger partial charge >= 0.3 is 0 Å². The third kappa shape index (κ3) is 2.30. The van der Waals surface area contributed by atoms with Gasteiger partial charge in [0.05, 0.1) is 5.52 Å². The van der Waals surface area contributed by atoms with Gasteiger partial charge < -0.3 is 4.90 Å². The standard InChI is InChI=1S/C16H21N3O/c1-10-4-5-14-13(7-10)15(18-17-14)16(20)19-8-11(2)6-12(3)9-19/h4-5,7,11-12H,6,8-9H2,1-3H3,(H,17,18)/t11-,12+. The number of nitrogens with one attached hydrogen (secondary N) is 1. The van der Waals surface area contributed by atoms with E-state index in [1.54, 1.807) is 0 Å². The number of hydrogen-bond acceptors (Lipinski definition) is 2. The van der Waals surface area contributed by atoms with Crippen LogP contribution in [0.25, 0.3) is 10.9 Å². The zero-order chi connectivity index (χ0) is 14.3. The summed E-state index contributed by atoms with van der Waals surface area (Å²) in [5.74, 6) is 1.18. The average Bonchev–Trinajstić information content (AvgIpc) is 2.79. The molecule has 4 nitrogen and oxygen atoms in total. The van der Waals surface area contributed by atoms with Gasteiger partial charge in [0, 0.05) is 18.5 Å². The summed E-state index contributed by atoms with van der Waals surface area (Å²) in [5.41, 5.74) is 2.63. The molecule has 1 aromatic heterocycles. The van der Waals surface area contributed by atoms with Crippen LogP contribution in [0.1, 0.15) is 36.3 Å². The van der Waals surface area contributed by atoms with Crippen LogP contribution < -0.4 is 0 Å². The lowest BCUT2D eigenvalue weighted by molar-refractivity contribution is 0.0619. The van der Waals surface area contributed by atoms with E-state index >= 15 is 0 Å². The predicted octanol–water partition coefficient (Wildman–Crippen LogP) is 2.99. The first-order chi connectivity index (χ1) is 9.54. The number of fused-ring (bicyclic) bond motifs is 1. The molecule has 2 heterocycles. The number of hydrogen-bond donors (Lipinski definition) is 1. The van der Waals surface area contributed by atoms with Gasteiger partial charge in [-0.3, -0.25) is 9.89 Å². The fourth-order valence-electron chi connectivity index (χ4n) is 3.27. The lowest BCUT2D eigenvalue weighted by Crippen LogP contribution is -2.42. The van der Waals surface area contributed by atoms with Crippen LogP contribution in [0, 0.1) is 18.8 Å². The summed E-state index contributed by atoms with van der Waals surface area (Å²) in [5, 5.41) is 8.14. The van der Waals surface area contributed by atoms with E-state index in [1.165, 1.54) is 6.42 Å². The molecule has 1 aromatic carbocycles. The van der Waals surface area contributed by atoms with Crippen molar-refractivity contribution in [3.05, 3.63) is 29.5 Å². The van der Waals surface area contributed by atoms with Gasteiger partial charge in [-0.05, 0) is 37.3 Å². The summed E-state index contributed by atoms with van der Waals surface area (Å²) in [6.45, 7) is 8.13. The van der Waals surface area contributed by atoms with Crippen molar-refractivity contribution < 1.29 is 4.79 Å². The number of H-pyrrole nitrogens is 1. The normalized spacial score (nSPS) is 23.2. The van der Waals surface area contributed by atoms with Crippen LogP contribution in [0.3, 0.4) is 0 Å². The maximum absolute atomic E-state index is 12.7. The van der Waals surface area contributed by atoms with Crippen molar-refractivity contribution in [2.24, 2.45) is 11.8 Å². The molecule has 1 aliphatic rings. The minimum atomic E-state index is 0.0558. The van der Waals surface area contributed by atoms with Crippen LogP contribution in [0.4, 0.5) is 0 Å². The van der Waals surface area contributed by atoms with E-state index in [-0.39, 0.29) is 5.91 Å². The molecular formula is C16H21N3O. The lowest BCUT2D eigenvalue weighted by atomic mass is 9.91. The van der Waals surface area contributed by atoms with Crippen molar-refractivity contribution in [3.63, 3.8) is 0 Å². The third-order valence-electron chi connectivity index (χ3n) is 4.08. The largest absolute Gasteiger partial charge is 0.337 e. The molecule has 1 aliphatic heterocycles. The molecule has 0 aliphatic carbocycles. The summed E-state index contributed by atoms with van der Waals surface area (Å²) in [7, 11) is 0. The Kier molecular flexibility index (Phi) is 3.24. The van der Waals surface area contributed by atoms with Crippen LogP contribution >= 0.6 is 0 Å². The molecule has 0 unspecified atom stereocenters. The summed E-state index contributed by atoms with van der Waals surface area (Å²) in [6, 6.07) is 6.04. The van der Waals surface area contributed by atoms with Crippen molar-refractivity contribution in [2.45, 2.75) is 27.2 Å². The van der Waals surface area contributed by atoms with Gasteiger partial charge in [0.25, 0.3) is 5.91 Å². The minimum absolute atomic E-state index is 0.0558. The van der Waals surface area contributed by atoms with Crippen LogP contribution in [0.5, 0.6) is 0 Å².